The second-order valence-corrected chi connectivity index (χ2v) is 6.43. The highest BCUT2D eigenvalue weighted by Gasteiger charge is 2.10. The van der Waals surface area contributed by atoms with Crippen molar-refractivity contribution in [1.29, 1.82) is 0 Å². The summed E-state index contributed by atoms with van der Waals surface area (Å²) >= 11 is 11.9. The third-order valence-corrected chi connectivity index (χ3v) is 4.65. The van der Waals surface area contributed by atoms with Crippen LogP contribution in [0.4, 0.5) is 0 Å². The van der Waals surface area contributed by atoms with Crippen molar-refractivity contribution >= 4 is 52.0 Å². The molecular weight excluding hydrogens is 385 g/mol. The van der Waals surface area contributed by atoms with Crippen LogP contribution in [0, 0.1) is 0 Å². The van der Waals surface area contributed by atoms with Gasteiger partial charge in [-0.3, -0.25) is 9.59 Å². The zero-order valence-corrected chi connectivity index (χ0v) is 15.6. The monoisotopic (exact) mass is 399 g/mol. The van der Waals surface area contributed by atoms with Crippen molar-refractivity contribution in [2.45, 2.75) is 0 Å². The predicted octanol–water partition coefficient (Wildman–Crippen LogP) is 4.03. The molecule has 3 aromatic carbocycles. The smallest absolute Gasteiger partial charge is 0.259 e. The van der Waals surface area contributed by atoms with Crippen LogP contribution >= 0.6 is 23.2 Å². The number of hydrogen-bond acceptors (Lipinski definition) is 3. The van der Waals surface area contributed by atoms with Crippen LogP contribution in [0.25, 0.3) is 10.8 Å². The van der Waals surface area contributed by atoms with E-state index in [1.54, 1.807) is 30.3 Å². The molecule has 0 aliphatic carbocycles. The fraction of sp³-hybridized carbons (Fsp3) is 0.0500. The van der Waals surface area contributed by atoms with E-state index < -0.39 is 5.91 Å². The zero-order valence-electron chi connectivity index (χ0n) is 14.1. The van der Waals surface area contributed by atoms with Gasteiger partial charge in [0.2, 0.25) is 0 Å². The maximum absolute atomic E-state index is 12.4. The number of amides is 2. The average molecular weight is 400 g/mol. The molecule has 0 saturated carbocycles. The van der Waals surface area contributed by atoms with Crippen molar-refractivity contribution in [3.8, 4) is 0 Å². The Balaban J connectivity index is 1.58. The Kier molecular flexibility index (Phi) is 6.06. The van der Waals surface area contributed by atoms with Gasteiger partial charge in [-0.1, -0.05) is 71.7 Å². The number of halogens is 2. The van der Waals surface area contributed by atoms with Crippen LogP contribution < -0.4 is 10.7 Å². The highest BCUT2D eigenvalue weighted by Crippen LogP contribution is 2.24. The molecule has 0 heterocycles. The van der Waals surface area contributed by atoms with Gasteiger partial charge >= 0.3 is 0 Å². The van der Waals surface area contributed by atoms with E-state index in [9.17, 15) is 9.59 Å². The fourth-order valence-corrected chi connectivity index (χ4v) is 2.87. The molecule has 2 N–H and O–H groups in total. The molecule has 0 aliphatic heterocycles. The number of nitrogens with one attached hydrogen (secondary N) is 2. The number of nitrogens with zero attached hydrogens (tertiary/aromatic N) is 1. The Hall–Kier alpha value is -2.89. The number of benzene rings is 3. The molecule has 136 valence electrons. The molecule has 3 aromatic rings. The first-order valence-corrected chi connectivity index (χ1v) is 8.84. The molecule has 0 radical (unpaired) electrons. The largest absolute Gasteiger partial charge is 0.343 e. The van der Waals surface area contributed by atoms with Gasteiger partial charge in [-0.05, 0) is 22.9 Å². The van der Waals surface area contributed by atoms with Crippen molar-refractivity contribution in [1.82, 2.24) is 10.7 Å². The van der Waals surface area contributed by atoms with Gasteiger partial charge in [0.15, 0.2) is 0 Å². The summed E-state index contributed by atoms with van der Waals surface area (Å²) in [4.78, 5) is 24.3. The Labute approximate surface area is 166 Å². The molecule has 0 bridgehead atoms. The molecule has 0 aromatic heterocycles. The first-order valence-electron chi connectivity index (χ1n) is 8.08. The summed E-state index contributed by atoms with van der Waals surface area (Å²) in [6.07, 6.45) is 1.39. The Bertz CT molecular complexity index is 1030. The molecule has 0 aliphatic rings. The van der Waals surface area contributed by atoms with E-state index in [1.165, 1.54) is 6.21 Å². The summed E-state index contributed by atoms with van der Waals surface area (Å²) in [5.74, 6) is -0.790. The molecule has 0 unspecified atom stereocenters. The number of rotatable bonds is 5. The summed E-state index contributed by atoms with van der Waals surface area (Å²) in [6.45, 7) is -0.206. The lowest BCUT2D eigenvalue weighted by atomic mass is 10.0. The van der Waals surface area contributed by atoms with Crippen LogP contribution in [-0.2, 0) is 4.79 Å². The number of carbonyl (C=O) groups excluding carboxylic acids is 2. The summed E-state index contributed by atoms with van der Waals surface area (Å²) in [7, 11) is 0. The SMILES string of the molecule is O=C(CNC(=O)c1cccc2ccccc12)N/N=C\c1cccc(Cl)c1Cl. The van der Waals surface area contributed by atoms with Gasteiger partial charge in [-0.15, -0.1) is 0 Å². The van der Waals surface area contributed by atoms with Gasteiger partial charge in [0, 0.05) is 11.1 Å². The van der Waals surface area contributed by atoms with Crippen LogP contribution in [0.3, 0.4) is 0 Å². The third kappa shape index (κ3) is 4.64. The minimum Gasteiger partial charge on any atom is -0.343 e. The van der Waals surface area contributed by atoms with Gasteiger partial charge in [0.1, 0.15) is 0 Å². The van der Waals surface area contributed by atoms with Gasteiger partial charge in [-0.25, -0.2) is 5.43 Å². The zero-order chi connectivity index (χ0) is 19.2. The molecule has 7 heteroatoms. The lowest BCUT2D eigenvalue weighted by molar-refractivity contribution is -0.120. The van der Waals surface area contributed by atoms with Crippen LogP contribution in [0.1, 0.15) is 15.9 Å². The molecule has 0 saturated heterocycles. The van der Waals surface area contributed by atoms with Crippen LogP contribution in [0.15, 0.2) is 65.8 Å². The third-order valence-electron chi connectivity index (χ3n) is 3.82. The van der Waals surface area contributed by atoms with Gasteiger partial charge in [-0.2, -0.15) is 5.10 Å². The van der Waals surface area contributed by atoms with E-state index in [4.69, 9.17) is 23.2 Å². The Morgan fingerprint density at radius 1 is 0.963 bits per heavy atom. The molecule has 27 heavy (non-hydrogen) atoms. The molecule has 0 spiro atoms. The second-order valence-electron chi connectivity index (χ2n) is 5.65. The van der Waals surface area contributed by atoms with Crippen molar-refractivity contribution < 1.29 is 9.59 Å². The van der Waals surface area contributed by atoms with Crippen LogP contribution in [-0.4, -0.2) is 24.6 Å². The number of hydrazone groups is 1. The minimum absolute atomic E-state index is 0.206. The molecule has 3 rings (SSSR count). The van der Waals surface area contributed by atoms with E-state index in [0.717, 1.165) is 10.8 Å². The maximum atomic E-state index is 12.4. The standard InChI is InChI=1S/C20H15Cl2N3O2/c21-17-10-4-7-14(19(17)22)11-24-25-18(26)12-23-20(27)16-9-3-6-13-5-1-2-8-15(13)16/h1-11H,12H2,(H,23,27)(H,25,26)/b24-11-. The lowest BCUT2D eigenvalue weighted by Gasteiger charge is -2.07. The summed E-state index contributed by atoms with van der Waals surface area (Å²) in [6, 6.07) is 18.1. The quantitative estimate of drug-likeness (QED) is 0.502. The lowest BCUT2D eigenvalue weighted by Crippen LogP contribution is -2.35. The van der Waals surface area contributed by atoms with Gasteiger partial charge < -0.3 is 5.32 Å². The predicted molar refractivity (Wildman–Crippen MR) is 108 cm³/mol. The van der Waals surface area contributed by atoms with Crippen molar-refractivity contribution in [3.63, 3.8) is 0 Å². The summed E-state index contributed by atoms with van der Waals surface area (Å²) < 4.78 is 0. The highest BCUT2D eigenvalue weighted by molar-refractivity contribution is 6.43. The van der Waals surface area contributed by atoms with Gasteiger partial charge in [0.05, 0.1) is 22.8 Å². The number of carbonyl (C=O) groups is 2. The van der Waals surface area contributed by atoms with E-state index in [2.05, 4.69) is 15.8 Å². The minimum atomic E-state index is -0.460. The molecular formula is C20H15Cl2N3O2. The Morgan fingerprint density at radius 2 is 1.70 bits per heavy atom. The van der Waals surface area contributed by atoms with E-state index in [1.807, 2.05) is 30.3 Å². The summed E-state index contributed by atoms with van der Waals surface area (Å²) in [5, 5.41) is 8.94. The first kappa shape index (κ1) is 18.9. The molecule has 0 atom stereocenters. The van der Waals surface area contributed by atoms with Crippen molar-refractivity contribution in [2.75, 3.05) is 6.54 Å². The van der Waals surface area contributed by atoms with Crippen LogP contribution in [0.5, 0.6) is 0 Å². The van der Waals surface area contributed by atoms with E-state index >= 15 is 0 Å². The highest BCUT2D eigenvalue weighted by atomic mass is 35.5. The molecule has 2 amide bonds. The Morgan fingerprint density at radius 3 is 2.56 bits per heavy atom. The van der Waals surface area contributed by atoms with Crippen molar-refractivity contribution in [2.24, 2.45) is 5.10 Å². The maximum Gasteiger partial charge on any atom is 0.259 e. The topological polar surface area (TPSA) is 70.6 Å². The van der Waals surface area contributed by atoms with Crippen LogP contribution in [0.2, 0.25) is 10.0 Å². The second kappa shape index (κ2) is 8.66. The number of fused-ring (bicyclic) bond motifs is 1. The fourth-order valence-electron chi connectivity index (χ4n) is 2.51. The molecule has 0 fully saturated rings. The van der Waals surface area contributed by atoms with Gasteiger partial charge in [0.25, 0.3) is 11.8 Å². The molecule has 5 nitrogen and oxygen atoms in total. The number of hydrogen-bond donors (Lipinski definition) is 2. The van der Waals surface area contributed by atoms with E-state index in [-0.39, 0.29) is 12.5 Å². The van der Waals surface area contributed by atoms with Crippen molar-refractivity contribution in [3.05, 3.63) is 81.8 Å². The van der Waals surface area contributed by atoms with E-state index in [0.29, 0.717) is 21.2 Å². The first-order chi connectivity index (χ1) is 13.1. The normalized spacial score (nSPS) is 10.9. The summed E-state index contributed by atoms with van der Waals surface area (Å²) in [5.41, 5.74) is 3.42. The average Bonchev–Trinajstić information content (AvgIpc) is 2.69.